The molecule has 0 bridgehead atoms. The second-order valence-corrected chi connectivity index (χ2v) is 8.05. The molecule has 2 heterocycles. The zero-order valence-corrected chi connectivity index (χ0v) is 15.9. The van der Waals surface area contributed by atoms with Crippen LogP contribution in [0, 0.1) is 13.8 Å². The Morgan fingerprint density at radius 1 is 1.28 bits per heavy atom. The Kier molecular flexibility index (Phi) is 5.55. The number of rotatable bonds is 6. The van der Waals surface area contributed by atoms with Gasteiger partial charge in [-0.15, -0.1) is 21.5 Å². The number of amides is 1. The number of hydrogen-bond donors (Lipinski definition) is 1. The molecular weight excluding hydrogens is 354 g/mol. The number of thiophene rings is 1. The predicted octanol–water partition coefficient (Wildman–Crippen LogP) is 4.21. The zero-order valence-electron chi connectivity index (χ0n) is 14.3. The van der Waals surface area contributed by atoms with Gasteiger partial charge in [0.25, 0.3) is 5.22 Å². The minimum absolute atomic E-state index is 0.0515. The highest BCUT2D eigenvalue weighted by Gasteiger charge is 2.18. The fourth-order valence-corrected chi connectivity index (χ4v) is 3.54. The number of thioether (sulfide) groups is 1. The van der Waals surface area contributed by atoms with E-state index in [1.165, 1.54) is 22.9 Å². The van der Waals surface area contributed by atoms with Gasteiger partial charge in [0.05, 0.1) is 11.8 Å². The number of carbonyl (C=O) groups is 1. The summed E-state index contributed by atoms with van der Waals surface area (Å²) in [5.41, 5.74) is 3.28. The molecule has 0 spiro atoms. The van der Waals surface area contributed by atoms with Crippen molar-refractivity contribution in [1.29, 1.82) is 0 Å². The van der Waals surface area contributed by atoms with E-state index in [0.29, 0.717) is 17.7 Å². The number of aryl methyl sites for hydroxylation is 2. The number of hydrogen-bond acceptors (Lipinski definition) is 6. The first kappa shape index (κ1) is 17.7. The number of carbonyl (C=O) groups excluding carboxylic acids is 1. The minimum Gasteiger partial charge on any atom is -0.411 e. The Morgan fingerprint density at radius 3 is 2.84 bits per heavy atom. The van der Waals surface area contributed by atoms with Crippen LogP contribution in [-0.4, -0.2) is 21.4 Å². The van der Waals surface area contributed by atoms with Crippen LogP contribution in [-0.2, 0) is 11.3 Å². The van der Waals surface area contributed by atoms with Crippen molar-refractivity contribution in [3.05, 3.63) is 51.7 Å². The van der Waals surface area contributed by atoms with E-state index in [0.717, 1.165) is 10.4 Å². The van der Waals surface area contributed by atoms with Crippen molar-refractivity contribution in [2.24, 2.45) is 0 Å². The van der Waals surface area contributed by atoms with Gasteiger partial charge in [0.1, 0.15) is 0 Å². The van der Waals surface area contributed by atoms with Crippen LogP contribution in [0.5, 0.6) is 0 Å². The van der Waals surface area contributed by atoms with Crippen LogP contribution in [0.1, 0.15) is 22.9 Å². The van der Waals surface area contributed by atoms with Crippen LogP contribution >= 0.6 is 23.1 Å². The Labute approximate surface area is 154 Å². The number of nitrogens with zero attached hydrogens (tertiary/aromatic N) is 2. The average molecular weight is 374 g/mol. The maximum atomic E-state index is 12.2. The second kappa shape index (κ2) is 7.84. The third-order valence-electron chi connectivity index (χ3n) is 3.82. The fraction of sp³-hybridized carbons (Fsp3) is 0.278. The van der Waals surface area contributed by atoms with E-state index in [1.807, 2.05) is 49.6 Å². The number of benzene rings is 1. The molecule has 1 amide bonds. The Bertz CT molecular complexity index is 859. The zero-order chi connectivity index (χ0) is 17.8. The van der Waals surface area contributed by atoms with Crippen LogP contribution in [0.4, 0.5) is 0 Å². The lowest BCUT2D eigenvalue weighted by Gasteiger charge is -2.08. The molecule has 1 atom stereocenters. The number of aromatic nitrogens is 2. The molecule has 0 saturated heterocycles. The van der Waals surface area contributed by atoms with Crippen LogP contribution in [0.25, 0.3) is 11.5 Å². The van der Waals surface area contributed by atoms with E-state index in [1.54, 1.807) is 11.3 Å². The van der Waals surface area contributed by atoms with Crippen molar-refractivity contribution >= 4 is 29.0 Å². The lowest BCUT2D eigenvalue weighted by molar-refractivity contribution is -0.120. The van der Waals surface area contributed by atoms with Gasteiger partial charge in [0.2, 0.25) is 11.8 Å². The quantitative estimate of drug-likeness (QED) is 0.656. The van der Waals surface area contributed by atoms with E-state index < -0.39 is 0 Å². The highest BCUT2D eigenvalue weighted by atomic mass is 32.2. The van der Waals surface area contributed by atoms with Crippen molar-refractivity contribution in [2.75, 3.05) is 0 Å². The lowest BCUT2D eigenvalue weighted by Crippen LogP contribution is -2.30. The van der Waals surface area contributed by atoms with Gasteiger partial charge in [-0.25, -0.2) is 0 Å². The largest absolute Gasteiger partial charge is 0.411 e. The molecule has 1 N–H and O–H groups in total. The lowest BCUT2D eigenvalue weighted by atomic mass is 10.1. The molecule has 0 saturated carbocycles. The Hall–Kier alpha value is -2.12. The maximum absolute atomic E-state index is 12.2. The highest BCUT2D eigenvalue weighted by Crippen LogP contribution is 2.27. The van der Waals surface area contributed by atoms with Crippen molar-refractivity contribution < 1.29 is 9.21 Å². The van der Waals surface area contributed by atoms with Crippen molar-refractivity contribution in [3.63, 3.8) is 0 Å². The van der Waals surface area contributed by atoms with E-state index in [-0.39, 0.29) is 11.2 Å². The summed E-state index contributed by atoms with van der Waals surface area (Å²) >= 11 is 2.88. The molecule has 0 radical (unpaired) electrons. The third-order valence-corrected chi connectivity index (χ3v) is 5.63. The first-order valence-corrected chi connectivity index (χ1v) is 9.67. The molecule has 130 valence electrons. The van der Waals surface area contributed by atoms with Crippen molar-refractivity contribution in [3.8, 4) is 11.5 Å². The van der Waals surface area contributed by atoms with E-state index in [2.05, 4.69) is 22.4 Å². The van der Waals surface area contributed by atoms with Gasteiger partial charge in [-0.3, -0.25) is 4.79 Å². The van der Waals surface area contributed by atoms with Crippen LogP contribution in [0.15, 0.2) is 45.4 Å². The molecule has 0 fully saturated rings. The standard InChI is InChI=1S/C18H19N3O2S2/c1-11-6-7-14(9-12(11)2)17-20-21-18(23-17)25-13(3)16(22)19-10-15-5-4-8-24-15/h4-9,13H,10H2,1-3H3,(H,19,22). The summed E-state index contributed by atoms with van der Waals surface area (Å²) in [5, 5.41) is 13.1. The first-order valence-electron chi connectivity index (χ1n) is 7.91. The van der Waals surface area contributed by atoms with Gasteiger partial charge in [0, 0.05) is 10.4 Å². The van der Waals surface area contributed by atoms with Crippen molar-refractivity contribution in [2.45, 2.75) is 37.8 Å². The molecule has 2 aromatic heterocycles. The molecule has 3 rings (SSSR count). The summed E-state index contributed by atoms with van der Waals surface area (Å²) < 4.78 is 5.70. The van der Waals surface area contributed by atoms with Gasteiger partial charge >= 0.3 is 0 Å². The Balaban J connectivity index is 1.60. The monoisotopic (exact) mass is 373 g/mol. The molecule has 0 aliphatic carbocycles. The topological polar surface area (TPSA) is 68.0 Å². The van der Waals surface area contributed by atoms with Gasteiger partial charge in [0.15, 0.2) is 0 Å². The molecule has 1 unspecified atom stereocenters. The van der Waals surface area contributed by atoms with Crippen molar-refractivity contribution in [1.82, 2.24) is 15.5 Å². The molecule has 5 nitrogen and oxygen atoms in total. The SMILES string of the molecule is Cc1ccc(-c2nnc(SC(C)C(=O)NCc3cccs3)o2)cc1C. The molecular formula is C18H19N3O2S2. The van der Waals surface area contributed by atoms with E-state index in [4.69, 9.17) is 4.42 Å². The van der Waals surface area contributed by atoms with Crippen LogP contribution in [0.2, 0.25) is 0 Å². The fourth-order valence-electron chi connectivity index (χ4n) is 2.18. The summed E-state index contributed by atoms with van der Waals surface area (Å²) in [5.74, 6) is 0.418. The van der Waals surface area contributed by atoms with Gasteiger partial charge in [-0.05, 0) is 55.5 Å². The van der Waals surface area contributed by atoms with Crippen LogP contribution in [0.3, 0.4) is 0 Å². The first-order chi connectivity index (χ1) is 12.0. The van der Waals surface area contributed by atoms with Crippen LogP contribution < -0.4 is 5.32 Å². The normalized spacial score (nSPS) is 12.1. The summed E-state index contributed by atoms with van der Waals surface area (Å²) in [6, 6.07) is 9.98. The summed E-state index contributed by atoms with van der Waals surface area (Å²) in [6.45, 7) is 6.48. The predicted molar refractivity (Wildman–Crippen MR) is 101 cm³/mol. The highest BCUT2D eigenvalue weighted by molar-refractivity contribution is 8.00. The summed E-state index contributed by atoms with van der Waals surface area (Å²) in [4.78, 5) is 13.3. The third kappa shape index (κ3) is 4.49. The average Bonchev–Trinajstić information content (AvgIpc) is 3.27. The van der Waals surface area contributed by atoms with Gasteiger partial charge in [-0.2, -0.15) is 0 Å². The smallest absolute Gasteiger partial charge is 0.277 e. The molecule has 0 aliphatic heterocycles. The molecule has 3 aromatic rings. The minimum atomic E-state index is -0.312. The Morgan fingerprint density at radius 2 is 2.12 bits per heavy atom. The molecule has 0 aliphatic rings. The van der Waals surface area contributed by atoms with E-state index >= 15 is 0 Å². The molecule has 1 aromatic carbocycles. The number of nitrogens with one attached hydrogen (secondary N) is 1. The summed E-state index contributed by atoms with van der Waals surface area (Å²) in [6.07, 6.45) is 0. The summed E-state index contributed by atoms with van der Waals surface area (Å²) in [7, 11) is 0. The van der Waals surface area contributed by atoms with E-state index in [9.17, 15) is 4.79 Å². The van der Waals surface area contributed by atoms with Gasteiger partial charge < -0.3 is 9.73 Å². The molecule has 7 heteroatoms. The second-order valence-electron chi connectivity index (χ2n) is 5.73. The molecule has 25 heavy (non-hydrogen) atoms. The maximum Gasteiger partial charge on any atom is 0.277 e. The van der Waals surface area contributed by atoms with Gasteiger partial charge in [-0.1, -0.05) is 23.9 Å².